The number of benzene rings is 1. The molecule has 0 saturated heterocycles. The van der Waals surface area contributed by atoms with E-state index in [2.05, 4.69) is 5.32 Å². The summed E-state index contributed by atoms with van der Waals surface area (Å²) in [5.74, 6) is 0.258. The van der Waals surface area contributed by atoms with Gasteiger partial charge in [-0.2, -0.15) is 0 Å². The lowest BCUT2D eigenvalue weighted by Crippen LogP contribution is -2.28. The Morgan fingerprint density at radius 1 is 1.41 bits per heavy atom. The third kappa shape index (κ3) is 4.87. The van der Waals surface area contributed by atoms with Crippen LogP contribution >= 0.6 is 0 Å². The van der Waals surface area contributed by atoms with Gasteiger partial charge in [0, 0.05) is 18.0 Å². The molecule has 0 heterocycles. The van der Waals surface area contributed by atoms with Gasteiger partial charge in [-0.05, 0) is 31.0 Å². The van der Waals surface area contributed by atoms with Gasteiger partial charge in [0.25, 0.3) is 5.91 Å². The second-order valence-corrected chi connectivity index (χ2v) is 4.48. The number of ether oxygens (including phenoxy) is 1. The highest BCUT2D eigenvalue weighted by atomic mass is 16.5. The quantitative estimate of drug-likeness (QED) is 0.771. The maximum Gasteiger partial charge on any atom is 0.253 e. The smallest absolute Gasteiger partial charge is 0.253 e. The molecule has 1 unspecified atom stereocenters. The zero-order valence-corrected chi connectivity index (χ0v) is 10.6. The lowest BCUT2D eigenvalue weighted by atomic mass is 10.2. The van der Waals surface area contributed by atoms with Gasteiger partial charge in [-0.25, -0.2) is 0 Å². The monoisotopic (exact) mass is 236 g/mol. The number of amides is 1. The first-order valence-electron chi connectivity index (χ1n) is 5.77. The number of anilines is 2. The van der Waals surface area contributed by atoms with Crippen molar-refractivity contribution in [3.05, 3.63) is 24.3 Å². The number of carbonyl (C=O) groups excluding carboxylic acids is 1. The Morgan fingerprint density at radius 3 is 2.71 bits per heavy atom. The zero-order chi connectivity index (χ0) is 12.8. The van der Waals surface area contributed by atoms with E-state index in [1.165, 1.54) is 0 Å². The average Bonchev–Trinajstić information content (AvgIpc) is 2.25. The molecular formula is C13H20N2O2. The van der Waals surface area contributed by atoms with E-state index in [-0.39, 0.29) is 5.91 Å². The SMILES string of the molecule is CC(C)COC(C)C(=O)Nc1cccc(N)c1. The average molecular weight is 236 g/mol. The van der Waals surface area contributed by atoms with E-state index in [0.717, 1.165) is 0 Å². The van der Waals surface area contributed by atoms with Crippen molar-refractivity contribution < 1.29 is 9.53 Å². The Hall–Kier alpha value is -1.55. The first kappa shape index (κ1) is 13.5. The highest BCUT2D eigenvalue weighted by Gasteiger charge is 2.13. The van der Waals surface area contributed by atoms with E-state index in [0.29, 0.717) is 23.9 Å². The van der Waals surface area contributed by atoms with Crippen molar-refractivity contribution in [3.63, 3.8) is 0 Å². The molecule has 0 aliphatic heterocycles. The van der Waals surface area contributed by atoms with Crippen LogP contribution in [0.15, 0.2) is 24.3 Å². The summed E-state index contributed by atoms with van der Waals surface area (Å²) in [5.41, 5.74) is 6.94. The van der Waals surface area contributed by atoms with E-state index in [9.17, 15) is 4.79 Å². The summed E-state index contributed by atoms with van der Waals surface area (Å²) < 4.78 is 5.42. The normalized spacial score (nSPS) is 12.5. The van der Waals surface area contributed by atoms with Crippen LogP contribution in [0.25, 0.3) is 0 Å². The standard InChI is InChI=1S/C13H20N2O2/c1-9(2)8-17-10(3)13(16)15-12-6-4-5-11(14)7-12/h4-7,9-10H,8,14H2,1-3H3,(H,15,16). The second-order valence-electron chi connectivity index (χ2n) is 4.48. The maximum atomic E-state index is 11.8. The van der Waals surface area contributed by atoms with Gasteiger partial charge < -0.3 is 15.8 Å². The summed E-state index contributed by atoms with van der Waals surface area (Å²) >= 11 is 0. The Bertz CT molecular complexity index is 377. The van der Waals surface area contributed by atoms with Crippen LogP contribution in [0, 0.1) is 5.92 Å². The van der Waals surface area contributed by atoms with E-state index in [4.69, 9.17) is 10.5 Å². The van der Waals surface area contributed by atoms with Gasteiger partial charge in [0.1, 0.15) is 6.10 Å². The summed E-state index contributed by atoms with van der Waals surface area (Å²) in [4.78, 5) is 11.8. The largest absolute Gasteiger partial charge is 0.399 e. The Balaban J connectivity index is 2.48. The van der Waals surface area contributed by atoms with Gasteiger partial charge in [0.05, 0.1) is 0 Å². The van der Waals surface area contributed by atoms with Crippen molar-refractivity contribution in [2.45, 2.75) is 26.9 Å². The highest BCUT2D eigenvalue weighted by molar-refractivity contribution is 5.94. The number of rotatable bonds is 5. The number of nitrogens with one attached hydrogen (secondary N) is 1. The van der Waals surface area contributed by atoms with Crippen LogP contribution in [-0.4, -0.2) is 18.6 Å². The molecule has 17 heavy (non-hydrogen) atoms. The molecule has 1 aromatic carbocycles. The molecule has 4 nitrogen and oxygen atoms in total. The molecule has 1 aromatic rings. The number of hydrogen-bond acceptors (Lipinski definition) is 3. The topological polar surface area (TPSA) is 64.3 Å². The van der Waals surface area contributed by atoms with Gasteiger partial charge in [0.2, 0.25) is 0 Å². The summed E-state index contributed by atoms with van der Waals surface area (Å²) in [5, 5.41) is 2.76. The minimum atomic E-state index is -0.459. The fourth-order valence-electron chi connectivity index (χ4n) is 1.27. The van der Waals surface area contributed by atoms with Crippen molar-refractivity contribution in [2.75, 3.05) is 17.7 Å². The van der Waals surface area contributed by atoms with E-state index in [1.807, 2.05) is 13.8 Å². The van der Waals surface area contributed by atoms with E-state index in [1.54, 1.807) is 31.2 Å². The number of nitrogen functional groups attached to an aromatic ring is 1. The molecule has 1 rings (SSSR count). The van der Waals surface area contributed by atoms with E-state index < -0.39 is 6.10 Å². The summed E-state index contributed by atoms with van der Waals surface area (Å²) in [6, 6.07) is 7.08. The molecule has 0 fully saturated rings. The molecule has 3 N–H and O–H groups in total. The lowest BCUT2D eigenvalue weighted by Gasteiger charge is -2.14. The Labute approximate surface area is 102 Å². The molecule has 0 aliphatic rings. The van der Waals surface area contributed by atoms with Crippen molar-refractivity contribution in [1.29, 1.82) is 0 Å². The van der Waals surface area contributed by atoms with Crippen molar-refractivity contribution >= 4 is 17.3 Å². The Morgan fingerprint density at radius 2 is 2.12 bits per heavy atom. The van der Waals surface area contributed by atoms with Crippen LogP contribution < -0.4 is 11.1 Å². The molecule has 0 bridgehead atoms. The van der Waals surface area contributed by atoms with Gasteiger partial charge in [-0.15, -0.1) is 0 Å². The maximum absolute atomic E-state index is 11.8. The molecule has 0 saturated carbocycles. The Kier molecular flexibility index (Phi) is 4.97. The van der Waals surface area contributed by atoms with Crippen molar-refractivity contribution in [3.8, 4) is 0 Å². The van der Waals surface area contributed by atoms with Crippen LogP contribution in [0.2, 0.25) is 0 Å². The summed E-state index contributed by atoms with van der Waals surface area (Å²) in [7, 11) is 0. The minimum absolute atomic E-state index is 0.156. The van der Waals surface area contributed by atoms with E-state index >= 15 is 0 Å². The molecular weight excluding hydrogens is 216 g/mol. The van der Waals surface area contributed by atoms with Crippen LogP contribution in [0.1, 0.15) is 20.8 Å². The van der Waals surface area contributed by atoms with Crippen molar-refractivity contribution in [1.82, 2.24) is 0 Å². The predicted octanol–water partition coefficient (Wildman–Crippen LogP) is 2.27. The van der Waals surface area contributed by atoms with Gasteiger partial charge in [-0.3, -0.25) is 4.79 Å². The molecule has 0 aliphatic carbocycles. The summed E-state index contributed by atoms with van der Waals surface area (Å²) in [6.45, 7) is 6.40. The first-order valence-corrected chi connectivity index (χ1v) is 5.77. The zero-order valence-electron chi connectivity index (χ0n) is 10.6. The second kappa shape index (κ2) is 6.25. The summed E-state index contributed by atoms with van der Waals surface area (Å²) in [6.07, 6.45) is -0.459. The predicted molar refractivity (Wildman–Crippen MR) is 69.7 cm³/mol. The van der Waals surface area contributed by atoms with Crippen LogP contribution in [0.3, 0.4) is 0 Å². The number of nitrogens with two attached hydrogens (primary N) is 1. The molecule has 0 spiro atoms. The fourth-order valence-corrected chi connectivity index (χ4v) is 1.27. The van der Waals surface area contributed by atoms with Gasteiger partial charge in [0.15, 0.2) is 0 Å². The van der Waals surface area contributed by atoms with Crippen LogP contribution in [-0.2, 0) is 9.53 Å². The lowest BCUT2D eigenvalue weighted by molar-refractivity contribution is -0.126. The molecule has 0 radical (unpaired) electrons. The highest BCUT2D eigenvalue weighted by Crippen LogP contribution is 2.12. The van der Waals surface area contributed by atoms with Gasteiger partial charge >= 0.3 is 0 Å². The van der Waals surface area contributed by atoms with Crippen LogP contribution in [0.4, 0.5) is 11.4 Å². The fraction of sp³-hybridized carbons (Fsp3) is 0.462. The molecule has 0 aromatic heterocycles. The number of hydrogen-bond donors (Lipinski definition) is 2. The third-order valence-corrected chi connectivity index (χ3v) is 2.20. The molecule has 94 valence electrons. The minimum Gasteiger partial charge on any atom is -0.399 e. The number of carbonyl (C=O) groups is 1. The van der Waals surface area contributed by atoms with Gasteiger partial charge in [-0.1, -0.05) is 19.9 Å². The first-order chi connectivity index (χ1) is 7.99. The van der Waals surface area contributed by atoms with Crippen LogP contribution in [0.5, 0.6) is 0 Å². The molecule has 4 heteroatoms. The molecule has 1 atom stereocenters. The third-order valence-electron chi connectivity index (χ3n) is 2.20. The van der Waals surface area contributed by atoms with Crippen molar-refractivity contribution in [2.24, 2.45) is 5.92 Å². The molecule has 1 amide bonds.